The molecular formula is C12H18ClNO2. The number of hydrogen-bond acceptors (Lipinski definition) is 3. The van der Waals surface area contributed by atoms with E-state index in [1.807, 2.05) is 6.07 Å². The molecule has 0 unspecified atom stereocenters. The van der Waals surface area contributed by atoms with Gasteiger partial charge in [-0.15, -0.1) is 12.4 Å². The Balaban J connectivity index is 0.00000128. The molecule has 1 atom stereocenters. The first kappa shape index (κ1) is 13.3. The first-order valence-corrected chi connectivity index (χ1v) is 5.27. The second-order valence-electron chi connectivity index (χ2n) is 3.81. The maximum atomic E-state index is 5.44. The van der Waals surface area contributed by atoms with Gasteiger partial charge < -0.3 is 14.8 Å². The van der Waals surface area contributed by atoms with Crippen molar-refractivity contribution < 1.29 is 9.47 Å². The molecular weight excluding hydrogens is 226 g/mol. The smallest absolute Gasteiger partial charge is 0.121 e. The second kappa shape index (κ2) is 6.09. The highest BCUT2D eigenvalue weighted by Gasteiger charge is 2.15. The number of morpholine rings is 1. The highest BCUT2D eigenvalue weighted by molar-refractivity contribution is 5.85. The summed E-state index contributed by atoms with van der Waals surface area (Å²) in [5, 5.41) is 3.43. The van der Waals surface area contributed by atoms with Crippen LogP contribution in [0.3, 0.4) is 0 Å². The summed E-state index contributed by atoms with van der Waals surface area (Å²) in [5.41, 5.74) is 2.44. The molecule has 1 fully saturated rings. The maximum absolute atomic E-state index is 5.44. The molecule has 1 aliphatic heterocycles. The monoisotopic (exact) mass is 243 g/mol. The zero-order valence-electron chi connectivity index (χ0n) is 9.66. The quantitative estimate of drug-likeness (QED) is 0.863. The molecule has 1 saturated heterocycles. The Morgan fingerprint density at radius 2 is 2.25 bits per heavy atom. The van der Waals surface area contributed by atoms with Crippen molar-refractivity contribution >= 4 is 12.4 Å². The predicted octanol–water partition coefficient (Wildman–Crippen LogP) is 2.09. The van der Waals surface area contributed by atoms with Gasteiger partial charge in [-0.25, -0.2) is 0 Å². The molecule has 3 nitrogen and oxygen atoms in total. The lowest BCUT2D eigenvalue weighted by Crippen LogP contribution is -2.34. The van der Waals surface area contributed by atoms with Crippen molar-refractivity contribution in [3.05, 3.63) is 29.3 Å². The van der Waals surface area contributed by atoms with Crippen molar-refractivity contribution in [2.75, 3.05) is 26.9 Å². The van der Waals surface area contributed by atoms with E-state index in [1.165, 1.54) is 11.1 Å². The molecule has 2 rings (SSSR count). The summed E-state index contributed by atoms with van der Waals surface area (Å²) >= 11 is 0. The summed E-state index contributed by atoms with van der Waals surface area (Å²) in [7, 11) is 1.70. The minimum absolute atomic E-state index is 0. The molecule has 0 aromatic heterocycles. The van der Waals surface area contributed by atoms with Gasteiger partial charge in [0.1, 0.15) is 5.75 Å². The molecule has 1 heterocycles. The van der Waals surface area contributed by atoms with Gasteiger partial charge in [0.25, 0.3) is 0 Å². The van der Waals surface area contributed by atoms with Crippen LogP contribution < -0.4 is 10.1 Å². The van der Waals surface area contributed by atoms with E-state index in [-0.39, 0.29) is 12.4 Å². The zero-order chi connectivity index (χ0) is 10.7. The fourth-order valence-corrected chi connectivity index (χ4v) is 1.90. The number of halogens is 1. The summed E-state index contributed by atoms with van der Waals surface area (Å²) in [6.45, 7) is 4.55. The van der Waals surface area contributed by atoms with Crippen LogP contribution in [0.4, 0.5) is 0 Å². The predicted molar refractivity (Wildman–Crippen MR) is 66.5 cm³/mol. The standard InChI is InChI=1S/C12H17NO2.ClH/c1-9-7-10(3-4-12(9)14-2)11-8-15-6-5-13-11;/h3-4,7,11,13H,5-6,8H2,1-2H3;1H/t11-;/m1./s1. The molecule has 1 N–H and O–H groups in total. The largest absolute Gasteiger partial charge is 0.496 e. The van der Waals surface area contributed by atoms with Gasteiger partial charge in [-0.05, 0) is 24.1 Å². The normalized spacial score (nSPS) is 20.0. The highest BCUT2D eigenvalue weighted by Crippen LogP contribution is 2.23. The van der Waals surface area contributed by atoms with Gasteiger partial charge in [0, 0.05) is 6.54 Å². The molecule has 0 aliphatic carbocycles. The van der Waals surface area contributed by atoms with Gasteiger partial charge in [-0.3, -0.25) is 0 Å². The first-order valence-electron chi connectivity index (χ1n) is 5.27. The van der Waals surface area contributed by atoms with E-state index in [9.17, 15) is 0 Å². The van der Waals surface area contributed by atoms with Crippen molar-refractivity contribution in [2.45, 2.75) is 13.0 Å². The van der Waals surface area contributed by atoms with Crippen molar-refractivity contribution in [3.8, 4) is 5.75 Å². The van der Waals surface area contributed by atoms with Crippen LogP contribution in [0.15, 0.2) is 18.2 Å². The summed E-state index contributed by atoms with van der Waals surface area (Å²) in [6, 6.07) is 6.59. The van der Waals surface area contributed by atoms with E-state index in [2.05, 4.69) is 24.4 Å². The summed E-state index contributed by atoms with van der Waals surface area (Å²) in [6.07, 6.45) is 0. The van der Waals surface area contributed by atoms with E-state index in [0.29, 0.717) is 6.04 Å². The van der Waals surface area contributed by atoms with Crippen LogP contribution in [0.5, 0.6) is 5.75 Å². The molecule has 0 saturated carbocycles. The molecule has 0 amide bonds. The van der Waals surface area contributed by atoms with E-state index in [1.54, 1.807) is 7.11 Å². The van der Waals surface area contributed by atoms with Gasteiger partial charge in [-0.1, -0.05) is 12.1 Å². The van der Waals surface area contributed by atoms with Crippen molar-refractivity contribution in [1.82, 2.24) is 5.32 Å². The van der Waals surface area contributed by atoms with Crippen LogP contribution in [-0.2, 0) is 4.74 Å². The molecule has 0 radical (unpaired) electrons. The molecule has 1 aromatic rings. The lowest BCUT2D eigenvalue weighted by molar-refractivity contribution is 0.0768. The van der Waals surface area contributed by atoms with Gasteiger partial charge in [0.2, 0.25) is 0 Å². The van der Waals surface area contributed by atoms with E-state index >= 15 is 0 Å². The van der Waals surface area contributed by atoms with Crippen LogP contribution in [0.1, 0.15) is 17.2 Å². The third kappa shape index (κ3) is 2.88. The van der Waals surface area contributed by atoms with Gasteiger partial charge >= 0.3 is 0 Å². The first-order chi connectivity index (χ1) is 7.31. The SMILES string of the molecule is COc1ccc([C@H]2COCCN2)cc1C.Cl. The Kier molecular flexibility index (Phi) is 5.06. The van der Waals surface area contributed by atoms with E-state index in [4.69, 9.17) is 9.47 Å². The van der Waals surface area contributed by atoms with Crippen LogP contribution in [0.25, 0.3) is 0 Å². The number of nitrogens with one attached hydrogen (secondary N) is 1. The molecule has 4 heteroatoms. The van der Waals surface area contributed by atoms with E-state index < -0.39 is 0 Å². The van der Waals surface area contributed by atoms with Crippen LogP contribution >= 0.6 is 12.4 Å². The fourth-order valence-electron chi connectivity index (χ4n) is 1.90. The number of rotatable bonds is 2. The summed E-state index contributed by atoms with van der Waals surface area (Å²) in [5.74, 6) is 0.940. The topological polar surface area (TPSA) is 30.5 Å². The Morgan fingerprint density at radius 3 is 2.81 bits per heavy atom. The third-order valence-electron chi connectivity index (χ3n) is 2.74. The van der Waals surface area contributed by atoms with Crippen molar-refractivity contribution in [3.63, 3.8) is 0 Å². The fraction of sp³-hybridized carbons (Fsp3) is 0.500. The zero-order valence-corrected chi connectivity index (χ0v) is 10.5. The van der Waals surface area contributed by atoms with Gasteiger partial charge in [-0.2, -0.15) is 0 Å². The number of benzene rings is 1. The Labute approximate surface area is 103 Å². The number of aryl methyl sites for hydroxylation is 1. The van der Waals surface area contributed by atoms with Crippen molar-refractivity contribution in [1.29, 1.82) is 0 Å². The molecule has 0 spiro atoms. The maximum Gasteiger partial charge on any atom is 0.121 e. The molecule has 0 bridgehead atoms. The van der Waals surface area contributed by atoms with E-state index in [0.717, 1.165) is 25.5 Å². The lowest BCUT2D eigenvalue weighted by atomic mass is 10.0. The van der Waals surface area contributed by atoms with Crippen LogP contribution in [0, 0.1) is 6.92 Å². The second-order valence-corrected chi connectivity index (χ2v) is 3.81. The Hall–Kier alpha value is -0.770. The number of ether oxygens (including phenoxy) is 2. The lowest BCUT2D eigenvalue weighted by Gasteiger charge is -2.24. The highest BCUT2D eigenvalue weighted by atomic mass is 35.5. The number of hydrogen-bond donors (Lipinski definition) is 1. The van der Waals surface area contributed by atoms with Crippen LogP contribution in [0.2, 0.25) is 0 Å². The van der Waals surface area contributed by atoms with Crippen molar-refractivity contribution in [2.24, 2.45) is 0 Å². The van der Waals surface area contributed by atoms with Crippen LogP contribution in [-0.4, -0.2) is 26.9 Å². The summed E-state index contributed by atoms with van der Waals surface area (Å²) < 4.78 is 10.7. The Morgan fingerprint density at radius 1 is 1.44 bits per heavy atom. The van der Waals surface area contributed by atoms with Gasteiger partial charge in [0.05, 0.1) is 26.4 Å². The molecule has 1 aliphatic rings. The molecule has 90 valence electrons. The van der Waals surface area contributed by atoms with Gasteiger partial charge in [0.15, 0.2) is 0 Å². The summed E-state index contributed by atoms with van der Waals surface area (Å²) in [4.78, 5) is 0. The molecule has 16 heavy (non-hydrogen) atoms. The minimum atomic E-state index is 0. The minimum Gasteiger partial charge on any atom is -0.496 e. The Bertz CT molecular complexity index is 338. The number of methoxy groups -OCH3 is 1. The average molecular weight is 244 g/mol. The average Bonchev–Trinajstić information content (AvgIpc) is 2.30. The molecule has 1 aromatic carbocycles. The third-order valence-corrected chi connectivity index (χ3v) is 2.74.